The molecule has 0 atom stereocenters. The van der Waals surface area contributed by atoms with Gasteiger partial charge in [-0.2, -0.15) is 0 Å². The average molecular weight is 338 g/mol. The number of ether oxygens (including phenoxy) is 2. The van der Waals surface area contributed by atoms with Gasteiger partial charge in [-0.25, -0.2) is 0 Å². The Morgan fingerprint density at radius 2 is 1.80 bits per heavy atom. The van der Waals surface area contributed by atoms with Crippen molar-refractivity contribution in [1.82, 2.24) is 0 Å². The van der Waals surface area contributed by atoms with Crippen LogP contribution in [0.5, 0.6) is 11.5 Å². The third kappa shape index (κ3) is 3.27. The van der Waals surface area contributed by atoms with E-state index in [1.54, 1.807) is 18.2 Å². The van der Waals surface area contributed by atoms with E-state index in [-0.39, 0.29) is 12.7 Å². The summed E-state index contributed by atoms with van der Waals surface area (Å²) in [7, 11) is 0. The van der Waals surface area contributed by atoms with Gasteiger partial charge >= 0.3 is 0 Å². The van der Waals surface area contributed by atoms with Crippen molar-refractivity contribution >= 4 is 17.3 Å². The van der Waals surface area contributed by atoms with Crippen LogP contribution in [-0.2, 0) is 0 Å². The molecule has 2 aromatic carbocycles. The van der Waals surface area contributed by atoms with Gasteiger partial charge in [-0.05, 0) is 62.1 Å². The van der Waals surface area contributed by atoms with E-state index in [9.17, 15) is 4.79 Å². The largest absolute Gasteiger partial charge is 0.454 e. The number of rotatable bonds is 3. The molecule has 2 aliphatic heterocycles. The summed E-state index contributed by atoms with van der Waals surface area (Å²) in [4.78, 5) is 15.0. The first-order valence-corrected chi connectivity index (χ1v) is 8.77. The predicted octanol–water partition coefficient (Wildman–Crippen LogP) is 3.97. The maximum Gasteiger partial charge on any atom is 0.255 e. The molecule has 2 heterocycles. The number of carbonyl (C=O) groups is 1. The Balaban J connectivity index is 1.54. The van der Waals surface area contributed by atoms with Crippen molar-refractivity contribution in [2.24, 2.45) is 0 Å². The summed E-state index contributed by atoms with van der Waals surface area (Å²) in [5.74, 6) is 1.16. The molecule has 5 nitrogen and oxygen atoms in total. The van der Waals surface area contributed by atoms with Crippen molar-refractivity contribution in [2.45, 2.75) is 26.2 Å². The van der Waals surface area contributed by atoms with Crippen molar-refractivity contribution in [1.29, 1.82) is 0 Å². The lowest BCUT2D eigenvalue weighted by Crippen LogP contribution is -2.29. The first-order chi connectivity index (χ1) is 12.2. The molecule has 1 N–H and O–H groups in total. The highest BCUT2D eigenvalue weighted by Crippen LogP contribution is 2.33. The van der Waals surface area contributed by atoms with Crippen LogP contribution in [0, 0.1) is 6.92 Å². The van der Waals surface area contributed by atoms with Crippen LogP contribution in [0.4, 0.5) is 11.4 Å². The molecule has 0 unspecified atom stereocenters. The fraction of sp³-hybridized carbons (Fsp3) is 0.350. The molecule has 1 fully saturated rings. The number of aryl methyl sites for hydroxylation is 1. The predicted molar refractivity (Wildman–Crippen MR) is 97.8 cm³/mol. The lowest BCUT2D eigenvalue weighted by molar-refractivity contribution is 0.102. The Morgan fingerprint density at radius 3 is 2.64 bits per heavy atom. The molecule has 25 heavy (non-hydrogen) atoms. The Kier molecular flexibility index (Phi) is 4.22. The van der Waals surface area contributed by atoms with Crippen molar-refractivity contribution in [3.8, 4) is 11.5 Å². The van der Waals surface area contributed by atoms with E-state index in [1.165, 1.54) is 24.9 Å². The second kappa shape index (κ2) is 6.67. The number of hydrogen-bond donors (Lipinski definition) is 1. The monoisotopic (exact) mass is 338 g/mol. The summed E-state index contributed by atoms with van der Waals surface area (Å²) < 4.78 is 10.6. The minimum atomic E-state index is -0.141. The second-order valence-electron chi connectivity index (χ2n) is 6.57. The minimum Gasteiger partial charge on any atom is -0.454 e. The van der Waals surface area contributed by atoms with Crippen LogP contribution in [0.25, 0.3) is 0 Å². The van der Waals surface area contributed by atoms with E-state index in [0.717, 1.165) is 24.3 Å². The zero-order chi connectivity index (χ0) is 17.2. The van der Waals surface area contributed by atoms with Gasteiger partial charge in [-0.1, -0.05) is 6.07 Å². The maximum absolute atomic E-state index is 12.6. The highest BCUT2D eigenvalue weighted by Gasteiger charge is 2.17. The first-order valence-electron chi connectivity index (χ1n) is 8.77. The van der Waals surface area contributed by atoms with E-state index in [0.29, 0.717) is 17.1 Å². The lowest BCUT2D eigenvalue weighted by Gasteiger charge is -2.29. The molecule has 2 aromatic rings. The van der Waals surface area contributed by atoms with Crippen LogP contribution in [0.3, 0.4) is 0 Å². The standard InChI is InChI=1S/C20H22N2O3/c1-14-5-7-16(22-9-3-2-4-10-22)12-17(14)21-20(23)15-6-8-18-19(11-15)25-13-24-18/h5-8,11-12H,2-4,9-10,13H2,1H3,(H,21,23). The molecular formula is C20H22N2O3. The number of amides is 1. The van der Waals surface area contributed by atoms with Gasteiger partial charge in [0, 0.05) is 30.0 Å². The van der Waals surface area contributed by atoms with Gasteiger partial charge < -0.3 is 19.7 Å². The summed E-state index contributed by atoms with van der Waals surface area (Å²) in [6, 6.07) is 11.5. The van der Waals surface area contributed by atoms with Gasteiger partial charge in [0.1, 0.15) is 0 Å². The van der Waals surface area contributed by atoms with Crippen molar-refractivity contribution in [2.75, 3.05) is 30.1 Å². The van der Waals surface area contributed by atoms with Gasteiger partial charge in [0.05, 0.1) is 0 Å². The van der Waals surface area contributed by atoms with Crippen LogP contribution < -0.4 is 19.7 Å². The third-order valence-electron chi connectivity index (χ3n) is 4.83. The second-order valence-corrected chi connectivity index (χ2v) is 6.57. The van der Waals surface area contributed by atoms with E-state index in [2.05, 4.69) is 28.4 Å². The molecule has 2 aliphatic rings. The summed E-state index contributed by atoms with van der Waals surface area (Å²) >= 11 is 0. The van der Waals surface area contributed by atoms with E-state index in [4.69, 9.17) is 9.47 Å². The van der Waals surface area contributed by atoms with Crippen molar-refractivity contribution in [3.05, 3.63) is 47.5 Å². The molecule has 0 bridgehead atoms. The topological polar surface area (TPSA) is 50.8 Å². The molecule has 1 amide bonds. The fourth-order valence-electron chi connectivity index (χ4n) is 3.33. The van der Waals surface area contributed by atoms with Gasteiger partial charge in [0.2, 0.25) is 6.79 Å². The summed E-state index contributed by atoms with van der Waals surface area (Å²) in [6.07, 6.45) is 3.76. The number of carbonyl (C=O) groups excluding carboxylic acids is 1. The smallest absolute Gasteiger partial charge is 0.255 e. The van der Waals surface area contributed by atoms with Gasteiger partial charge in [0.15, 0.2) is 11.5 Å². The quantitative estimate of drug-likeness (QED) is 0.920. The highest BCUT2D eigenvalue weighted by atomic mass is 16.7. The number of anilines is 2. The Morgan fingerprint density at radius 1 is 1.00 bits per heavy atom. The Hall–Kier alpha value is -2.69. The van der Waals surface area contributed by atoms with Crippen LogP contribution in [0.2, 0.25) is 0 Å². The van der Waals surface area contributed by atoms with Gasteiger partial charge in [0.25, 0.3) is 5.91 Å². The lowest BCUT2D eigenvalue weighted by atomic mass is 10.1. The number of nitrogens with one attached hydrogen (secondary N) is 1. The van der Waals surface area contributed by atoms with E-state index < -0.39 is 0 Å². The van der Waals surface area contributed by atoms with Crippen LogP contribution in [-0.4, -0.2) is 25.8 Å². The Labute approximate surface area is 147 Å². The first kappa shape index (κ1) is 15.8. The number of piperidine rings is 1. The van der Waals surface area contributed by atoms with E-state index in [1.807, 2.05) is 6.92 Å². The minimum absolute atomic E-state index is 0.141. The molecular weight excluding hydrogens is 316 g/mol. The van der Waals surface area contributed by atoms with Crippen molar-refractivity contribution < 1.29 is 14.3 Å². The summed E-state index contributed by atoms with van der Waals surface area (Å²) in [5, 5.41) is 3.04. The maximum atomic E-state index is 12.6. The molecule has 130 valence electrons. The summed E-state index contributed by atoms with van der Waals surface area (Å²) in [5.41, 5.74) is 3.64. The zero-order valence-electron chi connectivity index (χ0n) is 14.4. The normalized spacial score (nSPS) is 16.0. The number of fused-ring (bicyclic) bond motifs is 1. The number of nitrogens with zero attached hydrogens (tertiary/aromatic N) is 1. The zero-order valence-corrected chi connectivity index (χ0v) is 14.4. The van der Waals surface area contributed by atoms with Gasteiger partial charge in [-0.15, -0.1) is 0 Å². The molecule has 4 rings (SSSR count). The molecule has 0 radical (unpaired) electrons. The van der Waals surface area contributed by atoms with Crippen LogP contribution in [0.1, 0.15) is 35.2 Å². The molecule has 1 saturated heterocycles. The van der Waals surface area contributed by atoms with Crippen LogP contribution in [0.15, 0.2) is 36.4 Å². The Bertz CT molecular complexity index is 798. The molecule has 0 spiro atoms. The number of hydrogen-bond acceptors (Lipinski definition) is 4. The van der Waals surface area contributed by atoms with Gasteiger partial charge in [-0.3, -0.25) is 4.79 Å². The molecule has 5 heteroatoms. The average Bonchev–Trinajstić information content (AvgIpc) is 3.12. The van der Waals surface area contributed by atoms with Crippen LogP contribution >= 0.6 is 0 Å². The summed E-state index contributed by atoms with van der Waals surface area (Å²) in [6.45, 7) is 4.38. The van der Waals surface area contributed by atoms with E-state index >= 15 is 0 Å². The fourth-order valence-corrected chi connectivity index (χ4v) is 3.33. The number of benzene rings is 2. The SMILES string of the molecule is Cc1ccc(N2CCCCC2)cc1NC(=O)c1ccc2c(c1)OCO2. The third-order valence-corrected chi connectivity index (χ3v) is 4.83. The molecule has 0 saturated carbocycles. The molecule has 0 aliphatic carbocycles. The highest BCUT2D eigenvalue weighted by molar-refractivity contribution is 6.05. The van der Waals surface area contributed by atoms with Crippen molar-refractivity contribution in [3.63, 3.8) is 0 Å². The molecule has 0 aromatic heterocycles.